The molecule has 0 atom stereocenters. The summed E-state index contributed by atoms with van der Waals surface area (Å²) >= 11 is 6.51. The zero-order valence-corrected chi connectivity index (χ0v) is 12.8. The summed E-state index contributed by atoms with van der Waals surface area (Å²) in [5.74, 6) is 0. The number of nitrogens with one attached hydrogen (secondary N) is 1. The molecule has 0 fully saturated rings. The third-order valence-corrected chi connectivity index (χ3v) is 4.19. The first-order valence-electron chi connectivity index (χ1n) is 7.08. The van der Waals surface area contributed by atoms with Crippen molar-refractivity contribution in [1.82, 2.24) is 4.98 Å². The minimum absolute atomic E-state index is 0.494. The molecular weight excluding hydrogens is 325 g/mol. The van der Waals surface area contributed by atoms with Gasteiger partial charge in [-0.1, -0.05) is 29.8 Å². The van der Waals surface area contributed by atoms with Crippen LogP contribution < -0.4 is 5.73 Å². The highest BCUT2D eigenvalue weighted by molar-refractivity contribution is 6.38. The second kappa shape index (κ2) is 5.91. The van der Waals surface area contributed by atoms with Gasteiger partial charge in [-0.2, -0.15) is 13.2 Å². The Morgan fingerprint density at radius 3 is 2.35 bits per heavy atom. The van der Waals surface area contributed by atoms with Crippen molar-refractivity contribution in [3.8, 4) is 11.1 Å². The summed E-state index contributed by atoms with van der Waals surface area (Å²) in [6.45, 7) is 0.494. The highest BCUT2D eigenvalue weighted by Gasteiger charge is 2.30. The van der Waals surface area contributed by atoms with Crippen molar-refractivity contribution in [2.24, 2.45) is 5.73 Å². The molecule has 0 bridgehead atoms. The number of halogens is 4. The average Bonchev–Trinajstić information content (AvgIpc) is 2.91. The van der Waals surface area contributed by atoms with Crippen LogP contribution in [0, 0.1) is 0 Å². The molecule has 2 nitrogen and oxygen atoms in total. The quantitative estimate of drug-likeness (QED) is 0.692. The number of nitrogens with two attached hydrogens (primary N) is 1. The van der Waals surface area contributed by atoms with E-state index < -0.39 is 11.7 Å². The Labute approximate surface area is 136 Å². The van der Waals surface area contributed by atoms with E-state index in [2.05, 4.69) is 4.98 Å². The minimum Gasteiger partial charge on any atom is -0.361 e. The Kier molecular flexibility index (Phi) is 4.08. The van der Waals surface area contributed by atoms with Crippen LogP contribution >= 0.6 is 11.6 Å². The molecule has 0 aliphatic heterocycles. The van der Waals surface area contributed by atoms with Gasteiger partial charge in [-0.15, -0.1) is 0 Å². The molecule has 0 saturated carbocycles. The lowest BCUT2D eigenvalue weighted by atomic mass is 10.0. The predicted octanol–water partition coefficient (Wildman–Crippen LogP) is 5.01. The minimum atomic E-state index is -4.35. The zero-order chi connectivity index (χ0) is 16.6. The molecule has 1 heterocycles. The fraction of sp³-hybridized carbons (Fsp3) is 0.176. The Morgan fingerprint density at radius 2 is 1.74 bits per heavy atom. The van der Waals surface area contributed by atoms with Gasteiger partial charge in [0.05, 0.1) is 10.6 Å². The summed E-state index contributed by atoms with van der Waals surface area (Å²) < 4.78 is 38.0. The second-order valence-electron chi connectivity index (χ2n) is 5.28. The highest BCUT2D eigenvalue weighted by Crippen LogP contribution is 2.37. The summed E-state index contributed by atoms with van der Waals surface area (Å²) in [6, 6.07) is 8.67. The smallest absolute Gasteiger partial charge is 0.361 e. The topological polar surface area (TPSA) is 41.8 Å². The van der Waals surface area contributed by atoms with Crippen LogP contribution in [-0.2, 0) is 12.6 Å². The van der Waals surface area contributed by atoms with Crippen LogP contribution in [0.2, 0.25) is 5.02 Å². The Bertz CT molecular complexity index is 835. The van der Waals surface area contributed by atoms with Crippen LogP contribution in [0.4, 0.5) is 13.2 Å². The number of H-pyrrole nitrogens is 1. The van der Waals surface area contributed by atoms with Crippen LogP contribution in [0.1, 0.15) is 11.1 Å². The Morgan fingerprint density at radius 1 is 1.04 bits per heavy atom. The molecule has 2 aromatic carbocycles. The molecular formula is C17H14ClF3N2. The maximum Gasteiger partial charge on any atom is 0.416 e. The van der Waals surface area contributed by atoms with E-state index in [1.54, 1.807) is 6.07 Å². The number of alkyl halides is 3. The molecule has 3 N–H and O–H groups in total. The van der Waals surface area contributed by atoms with Crippen molar-refractivity contribution in [3.05, 3.63) is 58.7 Å². The molecule has 23 heavy (non-hydrogen) atoms. The second-order valence-corrected chi connectivity index (χ2v) is 5.66. The number of fused-ring (bicyclic) bond motifs is 1. The van der Waals surface area contributed by atoms with Crippen molar-refractivity contribution in [2.75, 3.05) is 6.54 Å². The standard InChI is InChI=1S/C17H14ClF3N2/c18-16-13(10-1-3-12(4-2-10)17(19,20)21)5-6-14-15(16)11(7-8-22)9-23-14/h1-6,9,23H,7-8,22H2. The van der Waals surface area contributed by atoms with Gasteiger partial charge in [0.2, 0.25) is 0 Å². The molecule has 0 amide bonds. The maximum absolute atomic E-state index is 12.7. The third kappa shape index (κ3) is 2.94. The molecule has 0 unspecified atom stereocenters. The molecule has 3 rings (SSSR count). The largest absolute Gasteiger partial charge is 0.416 e. The van der Waals surface area contributed by atoms with E-state index in [-0.39, 0.29) is 0 Å². The van der Waals surface area contributed by atoms with Crippen molar-refractivity contribution in [2.45, 2.75) is 12.6 Å². The third-order valence-electron chi connectivity index (χ3n) is 3.80. The molecule has 0 radical (unpaired) electrons. The van der Waals surface area contributed by atoms with E-state index in [4.69, 9.17) is 17.3 Å². The number of benzene rings is 2. The zero-order valence-electron chi connectivity index (χ0n) is 12.0. The fourth-order valence-electron chi connectivity index (χ4n) is 2.66. The molecule has 1 aromatic heterocycles. The van der Waals surface area contributed by atoms with Crippen LogP contribution in [0.5, 0.6) is 0 Å². The van der Waals surface area contributed by atoms with Crippen LogP contribution in [0.3, 0.4) is 0 Å². The van der Waals surface area contributed by atoms with Crippen LogP contribution in [0.25, 0.3) is 22.0 Å². The SMILES string of the molecule is NCCc1c[nH]c2ccc(-c3ccc(C(F)(F)F)cc3)c(Cl)c12. The molecule has 6 heteroatoms. The Hall–Kier alpha value is -1.98. The first kappa shape index (κ1) is 15.9. The molecule has 120 valence electrons. The molecule has 0 spiro atoms. The predicted molar refractivity (Wildman–Crippen MR) is 86.5 cm³/mol. The molecule has 0 aliphatic carbocycles. The highest BCUT2D eigenvalue weighted by atomic mass is 35.5. The molecule has 0 saturated heterocycles. The van der Waals surface area contributed by atoms with E-state index in [1.165, 1.54) is 12.1 Å². The van der Waals surface area contributed by atoms with Crippen molar-refractivity contribution in [1.29, 1.82) is 0 Å². The normalized spacial score (nSPS) is 12.0. The lowest BCUT2D eigenvalue weighted by molar-refractivity contribution is -0.137. The van der Waals surface area contributed by atoms with Gasteiger partial charge in [0.1, 0.15) is 0 Å². The van der Waals surface area contributed by atoms with Gasteiger partial charge in [0, 0.05) is 22.7 Å². The van der Waals surface area contributed by atoms with Crippen molar-refractivity contribution in [3.63, 3.8) is 0 Å². The summed E-state index contributed by atoms with van der Waals surface area (Å²) in [7, 11) is 0. The van der Waals surface area contributed by atoms with E-state index in [9.17, 15) is 13.2 Å². The summed E-state index contributed by atoms with van der Waals surface area (Å²) in [5.41, 5.74) is 8.15. The summed E-state index contributed by atoms with van der Waals surface area (Å²) in [4.78, 5) is 3.13. The van der Waals surface area contributed by atoms with Gasteiger partial charge in [0.15, 0.2) is 0 Å². The number of hydrogen-bond acceptors (Lipinski definition) is 1. The maximum atomic E-state index is 12.7. The van der Waals surface area contributed by atoms with Gasteiger partial charge in [-0.25, -0.2) is 0 Å². The number of hydrogen-bond donors (Lipinski definition) is 2. The molecule has 0 aliphatic rings. The average molecular weight is 339 g/mol. The van der Waals surface area contributed by atoms with E-state index in [0.717, 1.165) is 28.6 Å². The lowest BCUT2D eigenvalue weighted by Gasteiger charge is -2.10. The van der Waals surface area contributed by atoms with Gasteiger partial charge in [-0.3, -0.25) is 0 Å². The first-order valence-corrected chi connectivity index (χ1v) is 7.46. The van der Waals surface area contributed by atoms with Crippen molar-refractivity contribution >= 4 is 22.5 Å². The fourth-order valence-corrected chi connectivity index (χ4v) is 3.06. The van der Waals surface area contributed by atoms with Gasteiger partial charge < -0.3 is 10.7 Å². The number of aromatic nitrogens is 1. The monoisotopic (exact) mass is 338 g/mol. The summed E-state index contributed by atoms with van der Waals surface area (Å²) in [6.07, 6.45) is -1.81. The van der Waals surface area contributed by atoms with E-state index in [1.807, 2.05) is 12.3 Å². The number of aromatic amines is 1. The number of rotatable bonds is 3. The Balaban J connectivity index is 2.09. The first-order chi connectivity index (χ1) is 10.9. The van der Waals surface area contributed by atoms with E-state index in [0.29, 0.717) is 29.1 Å². The van der Waals surface area contributed by atoms with Crippen LogP contribution in [0.15, 0.2) is 42.6 Å². The lowest BCUT2D eigenvalue weighted by Crippen LogP contribution is -2.04. The van der Waals surface area contributed by atoms with Crippen molar-refractivity contribution < 1.29 is 13.2 Å². The van der Waals surface area contributed by atoms with Gasteiger partial charge >= 0.3 is 6.18 Å². The van der Waals surface area contributed by atoms with Gasteiger partial charge in [0.25, 0.3) is 0 Å². The molecule has 3 aromatic rings. The van der Waals surface area contributed by atoms with Crippen LogP contribution in [-0.4, -0.2) is 11.5 Å². The van der Waals surface area contributed by atoms with E-state index >= 15 is 0 Å². The van der Waals surface area contributed by atoms with Gasteiger partial charge in [-0.05, 0) is 42.3 Å². The summed E-state index contributed by atoms with van der Waals surface area (Å²) in [5, 5.41) is 1.39.